The molecule has 3 atom stereocenters. The van der Waals surface area contributed by atoms with E-state index in [4.69, 9.17) is 4.74 Å². The number of rotatable bonds is 7. The topological polar surface area (TPSA) is 88.6 Å². The Morgan fingerprint density at radius 2 is 1.95 bits per heavy atom. The molecule has 1 aliphatic heterocycles. The lowest BCUT2D eigenvalue weighted by Crippen LogP contribution is -2.40. The maximum atomic E-state index is 13.9. The number of ether oxygens (including phenoxy) is 1. The van der Waals surface area contributed by atoms with E-state index < -0.39 is 17.6 Å². The molecule has 38 heavy (non-hydrogen) atoms. The molecule has 2 heterocycles. The second kappa shape index (κ2) is 9.35. The summed E-state index contributed by atoms with van der Waals surface area (Å²) in [6.45, 7) is 2.44. The maximum absolute atomic E-state index is 13.9. The summed E-state index contributed by atoms with van der Waals surface area (Å²) in [4.78, 5) is 45.3. The highest BCUT2D eigenvalue weighted by Crippen LogP contribution is 2.51. The second-order valence-electron chi connectivity index (χ2n) is 10.5. The number of hydrogen-bond acceptors (Lipinski definition) is 5. The molecule has 3 amide bonds. The van der Waals surface area contributed by atoms with Gasteiger partial charge < -0.3 is 9.64 Å². The van der Waals surface area contributed by atoms with Crippen molar-refractivity contribution in [2.45, 2.75) is 56.7 Å². The lowest BCUT2D eigenvalue weighted by atomic mass is 9.93. The first-order valence-electron chi connectivity index (χ1n) is 13.0. The van der Waals surface area contributed by atoms with Crippen LogP contribution in [-0.2, 0) is 26.5 Å². The second-order valence-corrected chi connectivity index (χ2v) is 10.5. The van der Waals surface area contributed by atoms with Crippen LogP contribution in [0.25, 0.3) is 11.3 Å². The predicted molar refractivity (Wildman–Crippen MR) is 137 cm³/mol. The van der Waals surface area contributed by atoms with Crippen LogP contribution in [-0.4, -0.2) is 33.8 Å². The Kier molecular flexibility index (Phi) is 5.97. The Labute approximate surface area is 220 Å². The molecule has 1 saturated carbocycles. The summed E-state index contributed by atoms with van der Waals surface area (Å²) in [6.07, 6.45) is 3.44. The van der Waals surface area contributed by atoms with Crippen LogP contribution < -0.4 is 5.32 Å². The number of carbonyl (C=O) groups is 3. The summed E-state index contributed by atoms with van der Waals surface area (Å²) in [5.41, 5.74) is 2.47. The summed E-state index contributed by atoms with van der Waals surface area (Å²) < 4.78 is 19.1. The van der Waals surface area contributed by atoms with Gasteiger partial charge >= 0.3 is 6.09 Å². The number of nitrogens with one attached hydrogen (secondary N) is 1. The van der Waals surface area contributed by atoms with Crippen LogP contribution in [0.1, 0.15) is 55.2 Å². The number of halogens is 1. The number of pyridine rings is 1. The molecule has 0 radical (unpaired) electrons. The minimum Gasteiger partial charge on any atom is -0.427 e. The first-order chi connectivity index (χ1) is 18.3. The highest BCUT2D eigenvalue weighted by Gasteiger charge is 2.57. The van der Waals surface area contributed by atoms with Crippen molar-refractivity contribution >= 4 is 17.9 Å². The largest absolute Gasteiger partial charge is 0.427 e. The summed E-state index contributed by atoms with van der Waals surface area (Å²) in [6, 6.07) is 17.5. The standard InChI is InChI=1S/C30H28FN3O4/c1-18(20-7-8-20)34(17-19-5-10-23(31)11-6-19)27(35)15-22-16-30(28(36)33-29(37)38-30)25-12-9-21(14-24(22)25)26-4-2-3-13-32-26/h2-6,9-14,18,20,22H,7-8,15-17H2,1H3,(H,33,36,37)/t18-,22?,30+/m0/s1. The van der Waals surface area contributed by atoms with Gasteiger partial charge in [-0.25, -0.2) is 9.18 Å². The average Bonchev–Trinajstić information content (AvgIpc) is 3.67. The summed E-state index contributed by atoms with van der Waals surface area (Å²) in [7, 11) is 0. The fourth-order valence-electron chi connectivity index (χ4n) is 5.85. The zero-order valence-electron chi connectivity index (χ0n) is 21.0. The van der Waals surface area contributed by atoms with Crippen LogP contribution >= 0.6 is 0 Å². The smallest absolute Gasteiger partial charge is 0.415 e. The Morgan fingerprint density at radius 3 is 2.61 bits per heavy atom. The SMILES string of the molecule is C[C@@H](C1CC1)N(Cc1ccc(F)cc1)C(=O)CC1C[C@@]2(OC(=O)NC2=O)c2ccc(-c3ccccn3)cc21. The van der Waals surface area contributed by atoms with E-state index >= 15 is 0 Å². The molecule has 1 unspecified atom stereocenters. The van der Waals surface area contributed by atoms with Crippen LogP contribution in [0.5, 0.6) is 0 Å². The van der Waals surface area contributed by atoms with Gasteiger partial charge in [0.15, 0.2) is 0 Å². The molecule has 1 spiro atoms. The zero-order chi connectivity index (χ0) is 26.4. The van der Waals surface area contributed by atoms with Gasteiger partial charge in [-0.1, -0.05) is 30.3 Å². The molecular weight excluding hydrogens is 485 g/mol. The fourth-order valence-corrected chi connectivity index (χ4v) is 5.85. The number of benzene rings is 2. The lowest BCUT2D eigenvalue weighted by Gasteiger charge is -2.31. The van der Waals surface area contributed by atoms with Crippen molar-refractivity contribution < 1.29 is 23.5 Å². The Morgan fingerprint density at radius 1 is 1.16 bits per heavy atom. The Balaban J connectivity index is 1.33. The van der Waals surface area contributed by atoms with Gasteiger partial charge in [-0.05, 0) is 73.1 Å². The minimum atomic E-state index is -1.44. The maximum Gasteiger partial charge on any atom is 0.415 e. The molecule has 8 heteroatoms. The third-order valence-corrected chi connectivity index (χ3v) is 8.07. The van der Waals surface area contributed by atoms with E-state index in [-0.39, 0.29) is 36.5 Å². The highest BCUT2D eigenvalue weighted by molar-refractivity contribution is 6.04. The lowest BCUT2D eigenvalue weighted by molar-refractivity contribution is -0.136. The molecule has 2 aromatic carbocycles. The predicted octanol–water partition coefficient (Wildman–Crippen LogP) is 5.05. The summed E-state index contributed by atoms with van der Waals surface area (Å²) >= 11 is 0. The van der Waals surface area contributed by atoms with Crippen molar-refractivity contribution in [3.63, 3.8) is 0 Å². The van der Waals surface area contributed by atoms with Crippen molar-refractivity contribution in [2.75, 3.05) is 0 Å². The number of hydrogen-bond donors (Lipinski definition) is 1. The molecule has 6 rings (SSSR count). The van der Waals surface area contributed by atoms with Gasteiger partial charge in [-0.3, -0.25) is 19.9 Å². The van der Waals surface area contributed by atoms with E-state index in [0.717, 1.165) is 35.2 Å². The van der Waals surface area contributed by atoms with Gasteiger partial charge in [0.25, 0.3) is 5.91 Å². The van der Waals surface area contributed by atoms with Crippen LogP contribution in [0.3, 0.4) is 0 Å². The third kappa shape index (κ3) is 4.34. The van der Waals surface area contributed by atoms with Gasteiger partial charge in [-0.2, -0.15) is 0 Å². The van der Waals surface area contributed by atoms with Crippen molar-refractivity contribution in [2.24, 2.45) is 5.92 Å². The molecule has 1 saturated heterocycles. The molecule has 3 aromatic rings. The van der Waals surface area contributed by atoms with E-state index in [0.29, 0.717) is 18.0 Å². The van der Waals surface area contributed by atoms with Gasteiger partial charge in [0, 0.05) is 42.8 Å². The number of alkyl carbamates (subject to hydrolysis) is 1. The number of nitrogens with zero attached hydrogens (tertiary/aromatic N) is 2. The van der Waals surface area contributed by atoms with Gasteiger partial charge in [0.05, 0.1) is 5.69 Å². The minimum absolute atomic E-state index is 0.0369. The highest BCUT2D eigenvalue weighted by atomic mass is 19.1. The average molecular weight is 514 g/mol. The van der Waals surface area contributed by atoms with Crippen molar-refractivity contribution in [1.82, 2.24) is 15.2 Å². The molecule has 194 valence electrons. The number of imide groups is 1. The van der Waals surface area contributed by atoms with Crippen LogP contribution in [0, 0.1) is 11.7 Å². The normalized spacial score (nSPS) is 22.6. The van der Waals surface area contributed by atoms with Crippen LogP contribution in [0.4, 0.5) is 9.18 Å². The molecule has 0 bridgehead atoms. The van der Waals surface area contributed by atoms with Crippen molar-refractivity contribution in [1.29, 1.82) is 0 Å². The molecule has 2 fully saturated rings. The quantitative estimate of drug-likeness (QED) is 0.478. The first-order valence-corrected chi connectivity index (χ1v) is 13.0. The van der Waals surface area contributed by atoms with E-state index in [9.17, 15) is 18.8 Å². The Hall–Kier alpha value is -4.07. The fraction of sp³-hybridized carbons (Fsp3) is 0.333. The van der Waals surface area contributed by atoms with Crippen LogP contribution in [0.15, 0.2) is 66.9 Å². The molecule has 1 aromatic heterocycles. The van der Waals surface area contributed by atoms with Crippen LogP contribution in [0.2, 0.25) is 0 Å². The van der Waals surface area contributed by atoms with Crippen molar-refractivity contribution in [3.8, 4) is 11.3 Å². The van der Waals surface area contributed by atoms with Crippen molar-refractivity contribution in [3.05, 3.63) is 89.4 Å². The molecule has 2 aliphatic carbocycles. The van der Waals surface area contributed by atoms with E-state index in [2.05, 4.69) is 17.2 Å². The monoisotopic (exact) mass is 513 g/mol. The van der Waals surface area contributed by atoms with Gasteiger partial charge in [0.1, 0.15) is 5.82 Å². The number of aromatic nitrogens is 1. The zero-order valence-corrected chi connectivity index (χ0v) is 21.0. The number of carbonyl (C=O) groups excluding carboxylic acids is 3. The Bertz CT molecular complexity index is 1410. The summed E-state index contributed by atoms with van der Waals surface area (Å²) in [5, 5.41) is 2.27. The molecule has 1 N–H and O–H groups in total. The van der Waals surface area contributed by atoms with Gasteiger partial charge in [0.2, 0.25) is 11.5 Å². The summed E-state index contributed by atoms with van der Waals surface area (Å²) in [5.74, 6) is -0.754. The molecular formula is C30H28FN3O4. The van der Waals surface area contributed by atoms with E-state index in [1.807, 2.05) is 41.3 Å². The molecule has 3 aliphatic rings. The van der Waals surface area contributed by atoms with E-state index in [1.165, 1.54) is 12.1 Å². The number of fused-ring (bicyclic) bond motifs is 2. The van der Waals surface area contributed by atoms with Gasteiger partial charge in [-0.15, -0.1) is 0 Å². The third-order valence-electron chi connectivity index (χ3n) is 8.07. The van der Waals surface area contributed by atoms with E-state index in [1.54, 1.807) is 18.3 Å². The number of amides is 3. The first kappa shape index (κ1) is 24.3. The molecule has 7 nitrogen and oxygen atoms in total.